The van der Waals surface area contributed by atoms with Gasteiger partial charge in [0.05, 0.1) is 6.54 Å². The monoisotopic (exact) mass is 382 g/mol. The predicted molar refractivity (Wildman–Crippen MR) is 110 cm³/mol. The summed E-state index contributed by atoms with van der Waals surface area (Å²) in [5, 5.41) is 3.34. The Morgan fingerprint density at radius 1 is 1.25 bits per heavy atom. The number of imidazole rings is 1. The van der Waals surface area contributed by atoms with E-state index in [0.717, 1.165) is 51.4 Å². The van der Waals surface area contributed by atoms with Crippen molar-refractivity contribution in [3.63, 3.8) is 0 Å². The van der Waals surface area contributed by atoms with Crippen LogP contribution in [-0.2, 0) is 13.6 Å². The number of anilines is 1. The molecule has 1 aliphatic carbocycles. The molecule has 0 aromatic carbocycles. The van der Waals surface area contributed by atoms with Gasteiger partial charge >= 0.3 is 5.69 Å². The zero-order valence-corrected chi connectivity index (χ0v) is 16.4. The number of rotatable bonds is 3. The van der Waals surface area contributed by atoms with E-state index < -0.39 is 0 Å². The molecular weight excluding hydrogens is 356 g/mol. The van der Waals surface area contributed by atoms with Gasteiger partial charge in [-0.1, -0.05) is 18.1 Å². The minimum Gasteiger partial charge on any atom is -0.340 e. The van der Waals surface area contributed by atoms with Crippen LogP contribution in [0.25, 0.3) is 11.2 Å². The average Bonchev–Trinajstić information content (AvgIpc) is 3.11. The number of nitrogens with zero attached hydrogens (tertiary/aromatic N) is 5. The molecule has 1 aliphatic heterocycles. The molecule has 2 aliphatic rings. The maximum atomic E-state index is 13.1. The Labute approximate surface area is 163 Å². The summed E-state index contributed by atoms with van der Waals surface area (Å²) in [4.78, 5) is 33.1. The van der Waals surface area contributed by atoms with Crippen molar-refractivity contribution in [2.45, 2.75) is 38.8 Å². The standard InChI is InChI=1S/C20H26N6O2/c1-3-4-12-25-16-17(22-19(25)24-13-10-21-11-14-24)26(15-8-6-5-7-9-15)20(28)23(2)18(16)27/h5-6,15,21H,7-14H2,1-2H3. The summed E-state index contributed by atoms with van der Waals surface area (Å²) < 4.78 is 4.82. The SMILES string of the molecule is CC#CCn1c(N2CCNCC2)nc2c1c(=O)n(C)c(=O)n2C1CC=CCC1. The van der Waals surface area contributed by atoms with E-state index in [1.54, 1.807) is 18.5 Å². The van der Waals surface area contributed by atoms with Crippen molar-refractivity contribution in [3.05, 3.63) is 33.0 Å². The Morgan fingerprint density at radius 3 is 2.71 bits per heavy atom. The summed E-state index contributed by atoms with van der Waals surface area (Å²) in [7, 11) is 1.55. The maximum Gasteiger partial charge on any atom is 0.332 e. The van der Waals surface area contributed by atoms with Gasteiger partial charge in [0.2, 0.25) is 5.95 Å². The third-order valence-corrected chi connectivity index (χ3v) is 5.58. The minimum atomic E-state index is -0.311. The molecule has 1 fully saturated rings. The number of hydrogen-bond acceptors (Lipinski definition) is 5. The summed E-state index contributed by atoms with van der Waals surface area (Å²) >= 11 is 0. The summed E-state index contributed by atoms with van der Waals surface area (Å²) in [6.45, 7) is 5.50. The van der Waals surface area contributed by atoms with Crippen LogP contribution in [0.5, 0.6) is 0 Å². The fourth-order valence-electron chi connectivity index (χ4n) is 4.06. The van der Waals surface area contributed by atoms with Crippen molar-refractivity contribution in [3.8, 4) is 11.8 Å². The van der Waals surface area contributed by atoms with Gasteiger partial charge in [0.15, 0.2) is 11.2 Å². The fraction of sp³-hybridized carbons (Fsp3) is 0.550. The van der Waals surface area contributed by atoms with Gasteiger partial charge in [0.25, 0.3) is 5.56 Å². The lowest BCUT2D eigenvalue weighted by Gasteiger charge is -2.28. The molecule has 8 heteroatoms. The quantitative estimate of drug-likeness (QED) is 0.622. The molecule has 0 saturated carbocycles. The third-order valence-electron chi connectivity index (χ3n) is 5.58. The van der Waals surface area contributed by atoms with Gasteiger partial charge in [0.1, 0.15) is 0 Å². The number of hydrogen-bond donors (Lipinski definition) is 1. The highest BCUT2D eigenvalue weighted by molar-refractivity contribution is 5.75. The molecular formula is C20H26N6O2. The van der Waals surface area contributed by atoms with E-state index in [0.29, 0.717) is 17.7 Å². The van der Waals surface area contributed by atoms with Gasteiger partial charge in [-0.15, -0.1) is 5.92 Å². The van der Waals surface area contributed by atoms with Crippen molar-refractivity contribution in [2.24, 2.45) is 7.05 Å². The summed E-state index contributed by atoms with van der Waals surface area (Å²) in [6.07, 6.45) is 6.82. The normalized spacial score (nSPS) is 19.6. The highest BCUT2D eigenvalue weighted by Gasteiger charge is 2.27. The van der Waals surface area contributed by atoms with Crippen LogP contribution in [0, 0.1) is 11.8 Å². The highest BCUT2D eigenvalue weighted by Crippen LogP contribution is 2.27. The van der Waals surface area contributed by atoms with Gasteiger partial charge < -0.3 is 10.2 Å². The molecule has 8 nitrogen and oxygen atoms in total. The first-order valence-corrected chi connectivity index (χ1v) is 9.85. The smallest absolute Gasteiger partial charge is 0.332 e. The first kappa shape index (κ1) is 18.6. The van der Waals surface area contributed by atoms with Crippen molar-refractivity contribution in [1.29, 1.82) is 0 Å². The molecule has 1 N–H and O–H groups in total. The number of piperazine rings is 1. The molecule has 0 radical (unpaired) electrons. The molecule has 1 atom stereocenters. The first-order valence-electron chi connectivity index (χ1n) is 9.85. The number of nitrogens with one attached hydrogen (secondary N) is 1. The molecule has 28 heavy (non-hydrogen) atoms. The van der Waals surface area contributed by atoms with Gasteiger partial charge in [-0.2, -0.15) is 4.98 Å². The van der Waals surface area contributed by atoms with Crippen LogP contribution in [0.4, 0.5) is 5.95 Å². The van der Waals surface area contributed by atoms with Crippen molar-refractivity contribution < 1.29 is 0 Å². The maximum absolute atomic E-state index is 13.1. The lowest BCUT2D eigenvalue weighted by Crippen LogP contribution is -2.44. The molecule has 148 valence electrons. The average molecular weight is 382 g/mol. The molecule has 2 aromatic rings. The lowest BCUT2D eigenvalue weighted by molar-refractivity contribution is 0.441. The zero-order chi connectivity index (χ0) is 19.7. The topological polar surface area (TPSA) is 77.1 Å². The van der Waals surface area contributed by atoms with Crippen LogP contribution in [0.15, 0.2) is 21.7 Å². The second-order valence-electron chi connectivity index (χ2n) is 7.29. The van der Waals surface area contributed by atoms with Gasteiger partial charge in [0, 0.05) is 39.3 Å². The van der Waals surface area contributed by atoms with Gasteiger partial charge in [-0.05, 0) is 26.2 Å². The van der Waals surface area contributed by atoms with E-state index in [2.05, 4.69) is 34.2 Å². The zero-order valence-electron chi connectivity index (χ0n) is 16.4. The molecule has 1 saturated heterocycles. The predicted octanol–water partition coefficient (Wildman–Crippen LogP) is 0.611. The number of allylic oxidation sites excluding steroid dienone is 2. The summed E-state index contributed by atoms with van der Waals surface area (Å²) in [5.74, 6) is 6.70. The summed E-state index contributed by atoms with van der Waals surface area (Å²) in [6, 6.07) is 0.0169. The van der Waals surface area contributed by atoms with Crippen LogP contribution in [-0.4, -0.2) is 44.9 Å². The Balaban J connectivity index is 2.00. The first-order chi connectivity index (χ1) is 13.6. The Hall–Kier alpha value is -2.79. The van der Waals surface area contributed by atoms with Crippen LogP contribution in [0.1, 0.15) is 32.2 Å². The fourth-order valence-corrected chi connectivity index (χ4v) is 4.06. The van der Waals surface area contributed by atoms with E-state index in [9.17, 15) is 9.59 Å². The molecule has 0 spiro atoms. The van der Waals surface area contributed by atoms with Crippen molar-refractivity contribution in [2.75, 3.05) is 31.1 Å². The number of fused-ring (bicyclic) bond motifs is 1. The van der Waals surface area contributed by atoms with E-state index in [4.69, 9.17) is 4.98 Å². The second-order valence-corrected chi connectivity index (χ2v) is 7.29. The van der Waals surface area contributed by atoms with Crippen LogP contribution >= 0.6 is 0 Å². The van der Waals surface area contributed by atoms with Crippen LogP contribution in [0.3, 0.4) is 0 Å². The van der Waals surface area contributed by atoms with Crippen LogP contribution in [0.2, 0.25) is 0 Å². The van der Waals surface area contributed by atoms with Crippen molar-refractivity contribution in [1.82, 2.24) is 24.0 Å². The Kier molecular flexibility index (Phi) is 5.09. The molecule has 1 unspecified atom stereocenters. The number of aromatic nitrogens is 4. The lowest BCUT2D eigenvalue weighted by atomic mass is 10.0. The van der Waals surface area contributed by atoms with E-state index in [1.807, 2.05) is 4.57 Å². The van der Waals surface area contributed by atoms with Gasteiger partial charge in [-0.25, -0.2) is 4.79 Å². The van der Waals surface area contributed by atoms with E-state index >= 15 is 0 Å². The molecule has 0 bridgehead atoms. The van der Waals surface area contributed by atoms with Crippen LogP contribution < -0.4 is 21.5 Å². The summed E-state index contributed by atoms with van der Waals surface area (Å²) in [5.41, 5.74) is 0.345. The third kappa shape index (κ3) is 3.06. The molecule has 4 rings (SSSR count). The van der Waals surface area contributed by atoms with E-state index in [-0.39, 0.29) is 17.3 Å². The van der Waals surface area contributed by atoms with Crippen molar-refractivity contribution >= 4 is 17.1 Å². The van der Waals surface area contributed by atoms with Gasteiger partial charge in [-0.3, -0.25) is 18.5 Å². The molecule has 2 aromatic heterocycles. The van der Waals surface area contributed by atoms with E-state index in [1.165, 1.54) is 4.57 Å². The molecule has 0 amide bonds. The Bertz CT molecular complexity index is 1090. The Morgan fingerprint density at radius 2 is 2.04 bits per heavy atom. The highest BCUT2D eigenvalue weighted by atomic mass is 16.2. The minimum absolute atomic E-state index is 0.0169. The largest absolute Gasteiger partial charge is 0.340 e. The molecule has 3 heterocycles. The second kappa shape index (κ2) is 7.68.